The van der Waals surface area contributed by atoms with E-state index in [1.54, 1.807) is 12.1 Å². The maximum absolute atomic E-state index is 15.3. The van der Waals surface area contributed by atoms with E-state index in [9.17, 15) is 39.9 Å². The van der Waals surface area contributed by atoms with E-state index in [1.165, 1.54) is 36.4 Å². The van der Waals surface area contributed by atoms with Crippen molar-refractivity contribution in [2.75, 3.05) is 0 Å². The number of carbonyl (C=O) groups is 4. The van der Waals surface area contributed by atoms with E-state index in [2.05, 4.69) is 0 Å². The van der Waals surface area contributed by atoms with Crippen LogP contribution in [0, 0.1) is 0 Å². The van der Waals surface area contributed by atoms with Crippen molar-refractivity contribution in [1.29, 1.82) is 0 Å². The fourth-order valence-electron chi connectivity index (χ4n) is 6.32. The number of hydrogen-bond acceptors (Lipinski definition) is 7. The highest BCUT2D eigenvalue weighted by Crippen LogP contribution is 2.47. The largest absolute Gasteiger partial charge is 0.508 e. The Kier molecular flexibility index (Phi) is 10.9. The minimum Gasteiger partial charge on any atom is -0.508 e. The molecule has 276 valence electrons. The highest BCUT2D eigenvalue weighted by molar-refractivity contribution is 5.99. The minimum atomic E-state index is -2.04. The number of rotatable bonds is 9. The van der Waals surface area contributed by atoms with Crippen molar-refractivity contribution in [3.63, 3.8) is 0 Å². The Balaban J connectivity index is 2.58. The van der Waals surface area contributed by atoms with Crippen molar-refractivity contribution in [1.82, 2.24) is 0 Å². The number of hydrogen-bond donors (Lipinski definition) is 5. The van der Waals surface area contributed by atoms with E-state index in [0.717, 1.165) is 0 Å². The van der Waals surface area contributed by atoms with Gasteiger partial charge in [0.1, 0.15) is 22.7 Å². The van der Waals surface area contributed by atoms with Gasteiger partial charge in [0.15, 0.2) is 5.92 Å². The zero-order valence-corrected chi connectivity index (χ0v) is 31.7. The molecule has 0 aromatic heterocycles. The molecule has 0 saturated carbocycles. The molecule has 0 saturated heterocycles. The second-order valence-electron chi connectivity index (χ2n) is 17.4. The first-order chi connectivity index (χ1) is 23.0. The van der Waals surface area contributed by atoms with Gasteiger partial charge in [-0.3, -0.25) is 19.2 Å². The van der Waals surface area contributed by atoms with E-state index >= 15 is 4.79 Å². The van der Waals surface area contributed by atoms with Crippen LogP contribution in [0.5, 0.6) is 17.2 Å². The molecule has 0 aliphatic heterocycles. The lowest BCUT2D eigenvalue weighted by molar-refractivity contribution is -0.150. The molecule has 0 aliphatic rings. The Morgan fingerprint density at radius 1 is 0.569 bits per heavy atom. The SMILES string of the molecule is CC(C)(C)c1cc(C(CC(=O)O)(C(=O)Oc2c(C(C)(C)C)cc(C(C(=O)O)C(=O)O)cc2C(C)(C)C)c2ccc(O)c(C(C)(C)C)c2)ccc1O. The molecule has 0 spiro atoms. The van der Waals surface area contributed by atoms with Crippen LogP contribution in [0.25, 0.3) is 0 Å². The molecule has 0 fully saturated rings. The van der Waals surface area contributed by atoms with Gasteiger partial charge in [-0.05, 0) is 61.6 Å². The summed E-state index contributed by atoms with van der Waals surface area (Å²) in [5.41, 5.74) is -2.87. The van der Waals surface area contributed by atoms with Crippen LogP contribution in [0.2, 0.25) is 0 Å². The van der Waals surface area contributed by atoms with Crippen LogP contribution >= 0.6 is 0 Å². The molecular weight excluding hydrogens is 652 g/mol. The normalized spacial score (nSPS) is 12.9. The summed E-state index contributed by atoms with van der Waals surface area (Å²) in [6.07, 6.45) is -0.775. The number of aromatic hydroxyl groups is 2. The second-order valence-corrected chi connectivity index (χ2v) is 17.4. The monoisotopic (exact) mass is 704 g/mol. The zero-order chi connectivity index (χ0) is 39.2. The van der Waals surface area contributed by atoms with Crippen molar-refractivity contribution in [3.8, 4) is 17.2 Å². The number of ether oxygens (including phenoxy) is 1. The second kappa shape index (κ2) is 13.7. The lowest BCUT2D eigenvalue weighted by Gasteiger charge is -2.36. The molecule has 0 atom stereocenters. The van der Waals surface area contributed by atoms with Gasteiger partial charge in [0, 0.05) is 11.1 Å². The summed E-state index contributed by atoms with van der Waals surface area (Å²) in [5.74, 6) is -7.35. The number of carboxylic acid groups (broad SMARTS) is 3. The van der Waals surface area contributed by atoms with Crippen LogP contribution in [0.15, 0.2) is 48.5 Å². The Morgan fingerprint density at radius 3 is 1.22 bits per heavy atom. The predicted octanol–water partition coefficient (Wildman–Crippen LogP) is 7.91. The van der Waals surface area contributed by atoms with Crippen molar-refractivity contribution in [3.05, 3.63) is 87.5 Å². The molecule has 3 rings (SSSR count). The Morgan fingerprint density at radius 2 is 0.922 bits per heavy atom. The summed E-state index contributed by atoms with van der Waals surface area (Å²) >= 11 is 0. The Labute approximate surface area is 300 Å². The van der Waals surface area contributed by atoms with Gasteiger partial charge >= 0.3 is 23.9 Å². The van der Waals surface area contributed by atoms with Crippen molar-refractivity contribution < 1.29 is 49.4 Å². The molecule has 10 nitrogen and oxygen atoms in total. The maximum atomic E-state index is 15.3. The molecule has 0 amide bonds. The first-order valence-electron chi connectivity index (χ1n) is 16.8. The molecule has 3 aromatic rings. The summed E-state index contributed by atoms with van der Waals surface area (Å²) in [5, 5.41) is 52.1. The van der Waals surface area contributed by atoms with Gasteiger partial charge in [-0.15, -0.1) is 0 Å². The third-order valence-electron chi connectivity index (χ3n) is 9.11. The first kappa shape index (κ1) is 40.6. The number of esters is 1. The van der Waals surface area contributed by atoms with Gasteiger partial charge in [0.2, 0.25) is 0 Å². The van der Waals surface area contributed by atoms with Gasteiger partial charge in [-0.1, -0.05) is 119 Å². The fraction of sp³-hybridized carbons (Fsp3) is 0.463. The minimum absolute atomic E-state index is 0.0110. The summed E-state index contributed by atoms with van der Waals surface area (Å²) < 4.78 is 6.45. The van der Waals surface area contributed by atoms with Crippen LogP contribution in [-0.2, 0) is 46.3 Å². The van der Waals surface area contributed by atoms with E-state index in [1.807, 2.05) is 83.1 Å². The van der Waals surface area contributed by atoms with Crippen LogP contribution in [0.1, 0.15) is 134 Å². The third kappa shape index (κ3) is 8.38. The average molecular weight is 705 g/mol. The highest BCUT2D eigenvalue weighted by atomic mass is 16.5. The number of aliphatic carboxylic acids is 3. The lowest BCUT2D eigenvalue weighted by atomic mass is 9.69. The number of carboxylic acids is 3. The first-order valence-corrected chi connectivity index (χ1v) is 16.8. The Hall–Kier alpha value is -4.86. The number of benzene rings is 3. The van der Waals surface area contributed by atoms with Gasteiger partial charge in [-0.2, -0.15) is 0 Å². The molecule has 0 heterocycles. The maximum Gasteiger partial charge on any atom is 0.327 e. The van der Waals surface area contributed by atoms with E-state index in [-0.39, 0.29) is 33.9 Å². The molecular formula is C41H52O10. The topological polar surface area (TPSA) is 179 Å². The van der Waals surface area contributed by atoms with Crippen molar-refractivity contribution in [2.24, 2.45) is 0 Å². The summed E-state index contributed by atoms with van der Waals surface area (Å²) in [6, 6.07) is 11.8. The average Bonchev–Trinajstić information content (AvgIpc) is 2.94. The van der Waals surface area contributed by atoms with Gasteiger partial charge in [-0.25, -0.2) is 0 Å². The highest BCUT2D eigenvalue weighted by Gasteiger charge is 2.48. The Bertz CT molecular complexity index is 1740. The molecule has 51 heavy (non-hydrogen) atoms. The van der Waals surface area contributed by atoms with Gasteiger partial charge in [0.05, 0.1) is 6.42 Å². The van der Waals surface area contributed by atoms with E-state index < -0.39 is 63.3 Å². The number of carbonyl (C=O) groups excluding carboxylic acids is 1. The fourth-order valence-corrected chi connectivity index (χ4v) is 6.32. The van der Waals surface area contributed by atoms with E-state index in [4.69, 9.17) is 4.74 Å². The molecule has 3 aromatic carbocycles. The van der Waals surface area contributed by atoms with Crippen LogP contribution < -0.4 is 4.74 Å². The van der Waals surface area contributed by atoms with Crippen molar-refractivity contribution >= 4 is 23.9 Å². The number of phenolic OH excluding ortho intramolecular Hbond substituents is 2. The van der Waals surface area contributed by atoms with Crippen LogP contribution in [0.3, 0.4) is 0 Å². The van der Waals surface area contributed by atoms with Gasteiger partial charge < -0.3 is 30.3 Å². The molecule has 5 N–H and O–H groups in total. The van der Waals surface area contributed by atoms with Gasteiger partial charge in [0.25, 0.3) is 0 Å². The lowest BCUT2D eigenvalue weighted by Crippen LogP contribution is -2.43. The summed E-state index contributed by atoms with van der Waals surface area (Å²) in [7, 11) is 0. The summed E-state index contributed by atoms with van der Waals surface area (Å²) in [4.78, 5) is 52.5. The molecule has 0 aliphatic carbocycles. The molecule has 0 radical (unpaired) electrons. The number of phenols is 2. The third-order valence-corrected chi connectivity index (χ3v) is 9.11. The molecule has 0 bridgehead atoms. The predicted molar refractivity (Wildman–Crippen MR) is 194 cm³/mol. The zero-order valence-electron chi connectivity index (χ0n) is 31.7. The standard InChI is InChI=1S/C41H52O10/c1-37(2,3)25-19-23(13-15-29(25)42)41(21-31(44)45,24-14-16-30(43)26(20-24)38(4,5)6)36(50)51-33-27(39(7,8)9)17-22(18-28(33)40(10,11)12)32(34(46)47)35(48)49/h13-20,32,42-43H,21H2,1-12H3,(H,44,45)(H,46,47)(H,48,49). The summed E-state index contributed by atoms with van der Waals surface area (Å²) in [6.45, 7) is 22.1. The van der Waals surface area contributed by atoms with E-state index in [0.29, 0.717) is 22.3 Å². The smallest absolute Gasteiger partial charge is 0.327 e. The van der Waals surface area contributed by atoms with Crippen LogP contribution in [-0.4, -0.2) is 49.4 Å². The quantitative estimate of drug-likeness (QED) is 0.0835. The molecule has 0 unspecified atom stereocenters. The molecule has 10 heteroatoms. The van der Waals surface area contributed by atoms with Crippen LogP contribution in [0.4, 0.5) is 0 Å². The van der Waals surface area contributed by atoms with Crippen molar-refractivity contribution in [2.45, 2.75) is 122 Å².